The summed E-state index contributed by atoms with van der Waals surface area (Å²) in [4.78, 5) is 15.1. The number of nitrogens with zero attached hydrogens (tertiary/aromatic N) is 4. The number of benzene rings is 2. The standard InChI is InChI=1S/C24H23BF3N5O5/c1-13(14-7-15(24(26,27)28)9-16(8-14)33(34)35)30-22-17-10-18(25-37-12-23(2,3)38-25)20(36-4)11-19(17)32-21(31-22)5-6-29-32/h5-11,13H,12H2,1-4H3,(H,30,31)/t13-/m1/s1. The lowest BCUT2D eigenvalue weighted by molar-refractivity contribution is -0.385. The summed E-state index contributed by atoms with van der Waals surface area (Å²) in [6.07, 6.45) is -3.18. The summed E-state index contributed by atoms with van der Waals surface area (Å²) in [5, 5.41) is 19.4. The number of hydrogen-bond acceptors (Lipinski definition) is 8. The molecule has 38 heavy (non-hydrogen) atoms. The third kappa shape index (κ3) is 4.72. The smallest absolute Gasteiger partial charge is 0.497 e. The molecule has 2 aromatic heterocycles. The number of ether oxygens (including phenoxy) is 1. The van der Waals surface area contributed by atoms with Crippen LogP contribution in [-0.4, -0.2) is 46.0 Å². The molecule has 0 radical (unpaired) electrons. The summed E-state index contributed by atoms with van der Waals surface area (Å²) in [5.74, 6) is 0.831. The van der Waals surface area contributed by atoms with Crippen molar-refractivity contribution in [3.05, 3.63) is 63.8 Å². The van der Waals surface area contributed by atoms with Gasteiger partial charge in [0.15, 0.2) is 5.65 Å². The number of anilines is 1. The van der Waals surface area contributed by atoms with Crippen molar-refractivity contribution >= 4 is 40.6 Å². The second-order valence-electron chi connectivity index (χ2n) is 9.63. The van der Waals surface area contributed by atoms with Crippen molar-refractivity contribution < 1.29 is 32.1 Å². The lowest BCUT2D eigenvalue weighted by atomic mass is 9.77. The zero-order valence-electron chi connectivity index (χ0n) is 20.9. The van der Waals surface area contributed by atoms with Crippen LogP contribution in [0.25, 0.3) is 16.6 Å². The molecule has 1 atom stereocenters. The predicted molar refractivity (Wildman–Crippen MR) is 134 cm³/mol. The van der Waals surface area contributed by atoms with E-state index in [1.54, 1.807) is 35.8 Å². The maximum atomic E-state index is 13.5. The number of fused-ring (bicyclic) bond motifs is 3. The van der Waals surface area contributed by atoms with Crippen molar-refractivity contribution in [2.45, 2.75) is 38.6 Å². The maximum Gasteiger partial charge on any atom is 0.498 e. The van der Waals surface area contributed by atoms with Gasteiger partial charge in [-0.25, -0.2) is 9.50 Å². The van der Waals surface area contributed by atoms with Crippen molar-refractivity contribution in [1.29, 1.82) is 0 Å². The second-order valence-corrected chi connectivity index (χ2v) is 9.63. The maximum absolute atomic E-state index is 13.5. The van der Waals surface area contributed by atoms with Gasteiger partial charge in [-0.05, 0) is 38.5 Å². The molecule has 0 spiro atoms. The number of nitro groups is 1. The molecule has 0 amide bonds. The highest BCUT2D eigenvalue weighted by molar-refractivity contribution is 6.63. The molecule has 1 fully saturated rings. The predicted octanol–water partition coefficient (Wildman–Crippen LogP) is 4.51. The molecule has 0 aliphatic carbocycles. The van der Waals surface area contributed by atoms with Gasteiger partial charge in [0.1, 0.15) is 11.6 Å². The van der Waals surface area contributed by atoms with Crippen molar-refractivity contribution in [3.63, 3.8) is 0 Å². The average molecular weight is 529 g/mol. The highest BCUT2D eigenvalue weighted by Gasteiger charge is 2.40. The Bertz CT molecular complexity index is 1560. The van der Waals surface area contributed by atoms with Gasteiger partial charge >= 0.3 is 13.3 Å². The lowest BCUT2D eigenvalue weighted by Crippen LogP contribution is -2.35. The zero-order valence-corrected chi connectivity index (χ0v) is 20.9. The van der Waals surface area contributed by atoms with E-state index >= 15 is 0 Å². The topological polar surface area (TPSA) is 113 Å². The minimum absolute atomic E-state index is 0.0767. The molecule has 0 saturated carbocycles. The van der Waals surface area contributed by atoms with Crippen molar-refractivity contribution in [2.75, 3.05) is 19.0 Å². The number of halogens is 3. The Kier molecular flexibility index (Phi) is 6.18. The molecule has 3 heterocycles. The van der Waals surface area contributed by atoms with Crippen LogP contribution < -0.4 is 15.5 Å². The molecule has 198 valence electrons. The zero-order chi connectivity index (χ0) is 27.4. The normalized spacial score (nSPS) is 16.2. The number of nitrogens with one attached hydrogen (secondary N) is 1. The molecule has 14 heteroatoms. The quantitative estimate of drug-likeness (QED) is 0.221. The van der Waals surface area contributed by atoms with Crippen LogP contribution in [-0.2, 0) is 15.5 Å². The Balaban J connectivity index is 1.63. The third-order valence-electron chi connectivity index (χ3n) is 6.27. The number of methoxy groups -OCH3 is 1. The SMILES string of the molecule is COc1cc2c(cc1B1OCC(C)(C)O1)c(N[C@H](C)c1cc([N+](=O)[O-])cc(C(F)(F)F)c1)nc1ccnn12. The second kappa shape index (κ2) is 9.13. The highest BCUT2D eigenvalue weighted by atomic mass is 19.4. The highest BCUT2D eigenvalue weighted by Crippen LogP contribution is 2.36. The third-order valence-corrected chi connectivity index (χ3v) is 6.27. The van der Waals surface area contributed by atoms with Crippen molar-refractivity contribution in [1.82, 2.24) is 14.6 Å². The lowest BCUT2D eigenvalue weighted by Gasteiger charge is -2.20. The first-order valence-electron chi connectivity index (χ1n) is 11.6. The molecule has 1 saturated heterocycles. The largest absolute Gasteiger partial charge is 0.498 e. The fourth-order valence-electron chi connectivity index (χ4n) is 4.39. The van der Waals surface area contributed by atoms with E-state index in [-0.39, 0.29) is 5.56 Å². The Morgan fingerprint density at radius 1 is 1.26 bits per heavy atom. The number of nitro benzene ring substituents is 1. The molecule has 1 aliphatic heterocycles. The van der Waals surface area contributed by atoms with Crippen LogP contribution >= 0.6 is 0 Å². The molecule has 1 N–H and O–H groups in total. The van der Waals surface area contributed by atoms with Crippen LogP contribution in [0.2, 0.25) is 0 Å². The van der Waals surface area contributed by atoms with Crippen molar-refractivity contribution in [2.24, 2.45) is 0 Å². The fourth-order valence-corrected chi connectivity index (χ4v) is 4.39. The number of aromatic nitrogens is 3. The number of alkyl halides is 3. The molecule has 10 nitrogen and oxygen atoms in total. The van der Waals surface area contributed by atoms with E-state index in [1.165, 1.54) is 7.11 Å². The van der Waals surface area contributed by atoms with E-state index in [1.807, 2.05) is 13.8 Å². The number of non-ortho nitro benzene ring substituents is 1. The Morgan fingerprint density at radius 2 is 2.03 bits per heavy atom. The molecule has 0 unspecified atom stereocenters. The van der Waals surface area contributed by atoms with E-state index in [0.29, 0.717) is 46.3 Å². The van der Waals surface area contributed by atoms with E-state index < -0.39 is 41.1 Å². The molecular weight excluding hydrogens is 506 g/mol. The Hall–Kier alpha value is -3.91. The molecule has 1 aliphatic rings. The van der Waals surface area contributed by atoms with Gasteiger partial charge in [0.25, 0.3) is 5.69 Å². The summed E-state index contributed by atoms with van der Waals surface area (Å²) < 4.78 is 59.5. The molecule has 4 aromatic rings. The summed E-state index contributed by atoms with van der Waals surface area (Å²) in [6, 6.07) is 6.96. The minimum Gasteiger partial charge on any atom is -0.497 e. The first-order chi connectivity index (χ1) is 17.9. The first-order valence-corrected chi connectivity index (χ1v) is 11.6. The summed E-state index contributed by atoms with van der Waals surface area (Å²) in [7, 11) is 0.808. The van der Waals surface area contributed by atoms with Gasteiger partial charge < -0.3 is 19.4 Å². The van der Waals surface area contributed by atoms with Gasteiger partial charge in [-0.1, -0.05) is 0 Å². The van der Waals surface area contributed by atoms with Crippen LogP contribution in [0.4, 0.5) is 24.7 Å². The van der Waals surface area contributed by atoms with E-state index in [4.69, 9.17) is 14.0 Å². The summed E-state index contributed by atoms with van der Waals surface area (Å²) in [5.41, 5.74) is -0.503. The molecular formula is C24H23BF3N5O5. The molecule has 2 aromatic carbocycles. The summed E-state index contributed by atoms with van der Waals surface area (Å²) in [6.45, 7) is 5.77. The van der Waals surface area contributed by atoms with Crippen molar-refractivity contribution in [3.8, 4) is 5.75 Å². The monoisotopic (exact) mass is 529 g/mol. The van der Waals surface area contributed by atoms with E-state index in [0.717, 1.165) is 12.1 Å². The van der Waals surface area contributed by atoms with E-state index in [9.17, 15) is 23.3 Å². The first kappa shape index (κ1) is 25.7. The Morgan fingerprint density at radius 3 is 2.66 bits per heavy atom. The van der Waals surface area contributed by atoms with Crippen LogP contribution in [0.15, 0.2) is 42.6 Å². The van der Waals surface area contributed by atoms with Crippen LogP contribution in [0.5, 0.6) is 5.75 Å². The average Bonchev–Trinajstić information content (AvgIpc) is 3.48. The molecule has 0 bridgehead atoms. The van der Waals surface area contributed by atoms with Gasteiger partial charge in [-0.15, -0.1) is 0 Å². The van der Waals surface area contributed by atoms with Gasteiger partial charge in [-0.3, -0.25) is 10.1 Å². The van der Waals surface area contributed by atoms with Crippen LogP contribution in [0, 0.1) is 10.1 Å². The summed E-state index contributed by atoms with van der Waals surface area (Å²) >= 11 is 0. The number of hydrogen-bond donors (Lipinski definition) is 1. The number of rotatable bonds is 6. The van der Waals surface area contributed by atoms with Crippen LogP contribution in [0.1, 0.15) is 37.9 Å². The molecule has 5 rings (SSSR count). The van der Waals surface area contributed by atoms with Gasteiger partial charge in [0.2, 0.25) is 0 Å². The van der Waals surface area contributed by atoms with Gasteiger partial charge in [-0.2, -0.15) is 18.3 Å². The van der Waals surface area contributed by atoms with Crippen LogP contribution in [0.3, 0.4) is 0 Å². The minimum atomic E-state index is -4.75. The van der Waals surface area contributed by atoms with Gasteiger partial charge in [0.05, 0.1) is 47.6 Å². The van der Waals surface area contributed by atoms with E-state index in [2.05, 4.69) is 15.4 Å². The van der Waals surface area contributed by atoms with Gasteiger partial charge in [0, 0.05) is 35.1 Å². The fraction of sp³-hybridized carbons (Fsp3) is 0.333. The Labute approximate surface area is 215 Å².